The number of Topliss-reactive ketones (excluding diaryl/α,β-unsaturated/α-hetero) is 1. The number of H-pyrrole nitrogens is 1. The highest BCUT2D eigenvalue weighted by atomic mass is 19.1. The summed E-state index contributed by atoms with van der Waals surface area (Å²) in [6, 6.07) is 17.4. The summed E-state index contributed by atoms with van der Waals surface area (Å²) in [5, 5.41) is 24.2. The molecule has 1 unspecified atom stereocenters. The minimum atomic E-state index is -1.31. The number of aromatic nitrogens is 4. The average Bonchev–Trinajstić information content (AvgIpc) is 3.39. The van der Waals surface area contributed by atoms with Gasteiger partial charge in [0.05, 0.1) is 5.56 Å². The standard InChI is InChI=1S/C26H25FN4O3/c1-3-5-22-23(13-12-21(16(2)32)25(22)33)34-15-17-8-10-18(11-9-17)24(27)19-6-4-7-20(14-19)26-28-30-31-29-26/h4,6-14,24,33H,3,5,15H2,1-2H3,(H,28,29,30,31). The number of alkyl halides is 1. The molecule has 2 N–H and O–H groups in total. The molecular formula is C26H25FN4O3. The van der Waals surface area contributed by atoms with Crippen molar-refractivity contribution in [3.63, 3.8) is 0 Å². The second-order valence-electron chi connectivity index (χ2n) is 8.01. The Morgan fingerprint density at radius 3 is 2.59 bits per heavy atom. The van der Waals surface area contributed by atoms with E-state index in [1.807, 2.05) is 25.1 Å². The Morgan fingerprint density at radius 2 is 1.91 bits per heavy atom. The molecule has 7 nitrogen and oxygen atoms in total. The first-order valence-electron chi connectivity index (χ1n) is 11.0. The van der Waals surface area contributed by atoms with Crippen molar-refractivity contribution >= 4 is 5.78 Å². The molecule has 1 aromatic heterocycles. The maximum absolute atomic E-state index is 15.2. The van der Waals surface area contributed by atoms with Gasteiger partial charge in [0, 0.05) is 11.1 Å². The molecule has 8 heteroatoms. The number of carbonyl (C=O) groups is 1. The zero-order valence-electron chi connectivity index (χ0n) is 19.0. The number of hydrogen-bond donors (Lipinski definition) is 2. The Balaban J connectivity index is 1.47. The van der Waals surface area contributed by atoms with Crippen molar-refractivity contribution in [1.29, 1.82) is 0 Å². The molecule has 1 atom stereocenters. The van der Waals surface area contributed by atoms with E-state index >= 15 is 4.39 Å². The van der Waals surface area contributed by atoms with Crippen LogP contribution in [0, 0.1) is 0 Å². The van der Waals surface area contributed by atoms with Crippen LogP contribution in [0.15, 0.2) is 60.7 Å². The van der Waals surface area contributed by atoms with Crippen LogP contribution >= 0.6 is 0 Å². The van der Waals surface area contributed by atoms with Gasteiger partial charge in [-0.05, 0) is 58.7 Å². The number of hydrogen-bond acceptors (Lipinski definition) is 6. The van der Waals surface area contributed by atoms with Gasteiger partial charge in [0.15, 0.2) is 17.8 Å². The van der Waals surface area contributed by atoms with Crippen LogP contribution in [-0.4, -0.2) is 31.5 Å². The summed E-state index contributed by atoms with van der Waals surface area (Å²) >= 11 is 0. The van der Waals surface area contributed by atoms with Gasteiger partial charge in [-0.25, -0.2) is 9.49 Å². The third-order valence-corrected chi connectivity index (χ3v) is 5.58. The first kappa shape index (κ1) is 23.1. The Kier molecular flexibility index (Phi) is 6.96. The van der Waals surface area contributed by atoms with Gasteiger partial charge in [0.1, 0.15) is 18.1 Å². The predicted molar refractivity (Wildman–Crippen MR) is 125 cm³/mol. The lowest BCUT2D eigenvalue weighted by molar-refractivity contribution is 0.101. The molecule has 0 amide bonds. The maximum Gasteiger partial charge on any atom is 0.179 e. The normalized spacial score (nSPS) is 11.9. The quantitative estimate of drug-likeness (QED) is 0.326. The Labute approximate surface area is 196 Å². The van der Waals surface area contributed by atoms with E-state index < -0.39 is 6.17 Å². The minimum Gasteiger partial charge on any atom is -0.507 e. The second kappa shape index (κ2) is 10.2. The molecule has 174 valence electrons. The lowest BCUT2D eigenvalue weighted by Gasteiger charge is -2.15. The fourth-order valence-corrected chi connectivity index (χ4v) is 3.79. The van der Waals surface area contributed by atoms with Crippen molar-refractivity contribution in [1.82, 2.24) is 20.6 Å². The fraction of sp³-hybridized carbons (Fsp3) is 0.231. The highest BCUT2D eigenvalue weighted by molar-refractivity contribution is 5.97. The summed E-state index contributed by atoms with van der Waals surface area (Å²) in [5.41, 5.74) is 3.50. The topological polar surface area (TPSA) is 101 Å². The second-order valence-corrected chi connectivity index (χ2v) is 8.01. The van der Waals surface area contributed by atoms with E-state index in [0.717, 1.165) is 12.0 Å². The van der Waals surface area contributed by atoms with Crippen molar-refractivity contribution in [2.45, 2.75) is 39.5 Å². The van der Waals surface area contributed by atoms with E-state index in [-0.39, 0.29) is 23.7 Å². The van der Waals surface area contributed by atoms with Crippen LogP contribution in [0.25, 0.3) is 11.4 Å². The Bertz CT molecular complexity index is 1270. The molecule has 4 rings (SSSR count). The monoisotopic (exact) mass is 460 g/mol. The van der Waals surface area contributed by atoms with Crippen molar-refractivity contribution in [2.75, 3.05) is 0 Å². The van der Waals surface area contributed by atoms with E-state index in [0.29, 0.717) is 40.2 Å². The number of phenols is 1. The van der Waals surface area contributed by atoms with Crippen LogP contribution in [0.5, 0.6) is 11.5 Å². The number of benzene rings is 3. The van der Waals surface area contributed by atoms with Gasteiger partial charge in [-0.2, -0.15) is 0 Å². The maximum atomic E-state index is 15.2. The number of ether oxygens (including phenoxy) is 1. The molecule has 0 bridgehead atoms. The minimum absolute atomic E-state index is 0.0224. The van der Waals surface area contributed by atoms with Gasteiger partial charge in [0.25, 0.3) is 0 Å². The summed E-state index contributed by atoms with van der Waals surface area (Å²) in [4.78, 5) is 11.7. The highest BCUT2D eigenvalue weighted by Crippen LogP contribution is 2.34. The first-order valence-corrected chi connectivity index (χ1v) is 11.0. The molecule has 34 heavy (non-hydrogen) atoms. The SMILES string of the molecule is CCCc1c(OCc2ccc(C(F)c3cccc(-c4nnn[nH]4)c3)cc2)ccc(C(C)=O)c1O. The highest BCUT2D eigenvalue weighted by Gasteiger charge is 2.17. The van der Waals surface area contributed by atoms with Crippen LogP contribution in [0.1, 0.15) is 59.1 Å². The number of halogens is 1. The van der Waals surface area contributed by atoms with Crippen LogP contribution in [0.4, 0.5) is 4.39 Å². The molecule has 0 aliphatic rings. The Morgan fingerprint density at radius 1 is 1.12 bits per heavy atom. The molecule has 3 aromatic carbocycles. The fourth-order valence-electron chi connectivity index (χ4n) is 3.79. The molecule has 0 aliphatic carbocycles. The van der Waals surface area contributed by atoms with Crippen LogP contribution < -0.4 is 4.74 Å². The van der Waals surface area contributed by atoms with E-state index in [4.69, 9.17) is 4.74 Å². The third kappa shape index (κ3) is 4.96. The van der Waals surface area contributed by atoms with Crippen LogP contribution in [0.2, 0.25) is 0 Å². The van der Waals surface area contributed by atoms with Gasteiger partial charge < -0.3 is 9.84 Å². The van der Waals surface area contributed by atoms with Gasteiger partial charge in [-0.1, -0.05) is 55.8 Å². The lowest BCUT2D eigenvalue weighted by Crippen LogP contribution is -2.03. The van der Waals surface area contributed by atoms with E-state index in [2.05, 4.69) is 20.6 Å². The molecule has 0 aliphatic heterocycles. The summed E-state index contributed by atoms with van der Waals surface area (Å²) in [6.07, 6.45) is 0.0815. The van der Waals surface area contributed by atoms with E-state index in [1.54, 1.807) is 42.5 Å². The number of nitrogens with one attached hydrogen (secondary N) is 1. The Hall–Kier alpha value is -4.07. The van der Waals surface area contributed by atoms with E-state index in [1.165, 1.54) is 6.92 Å². The number of tetrazole rings is 1. The van der Waals surface area contributed by atoms with Crippen molar-refractivity contribution in [3.8, 4) is 22.9 Å². The van der Waals surface area contributed by atoms with E-state index in [9.17, 15) is 9.90 Å². The first-order chi connectivity index (χ1) is 16.5. The molecule has 4 aromatic rings. The lowest BCUT2D eigenvalue weighted by atomic mass is 9.99. The van der Waals surface area contributed by atoms with Gasteiger partial charge in [-0.15, -0.1) is 5.10 Å². The van der Waals surface area contributed by atoms with Crippen molar-refractivity contribution in [3.05, 3.63) is 88.5 Å². The molecule has 0 fully saturated rings. The summed E-state index contributed by atoms with van der Waals surface area (Å²) in [6.45, 7) is 3.67. The molecule has 1 heterocycles. The summed E-state index contributed by atoms with van der Waals surface area (Å²) in [7, 11) is 0. The predicted octanol–water partition coefficient (Wildman–Crippen LogP) is 5.37. The number of phenolic OH excluding ortho intramolecular Hbond substituents is 1. The number of aromatic hydroxyl groups is 1. The number of rotatable bonds is 9. The number of nitrogens with zero attached hydrogens (tertiary/aromatic N) is 3. The van der Waals surface area contributed by atoms with Gasteiger partial charge >= 0.3 is 0 Å². The molecule has 0 spiro atoms. The summed E-state index contributed by atoms with van der Waals surface area (Å²) in [5.74, 6) is 0.800. The smallest absolute Gasteiger partial charge is 0.179 e. The molecule has 0 saturated heterocycles. The van der Waals surface area contributed by atoms with Crippen LogP contribution in [-0.2, 0) is 13.0 Å². The van der Waals surface area contributed by atoms with Crippen molar-refractivity contribution < 1.29 is 19.0 Å². The molecule has 0 saturated carbocycles. The number of carbonyl (C=O) groups excluding carboxylic acids is 1. The van der Waals surface area contributed by atoms with Crippen molar-refractivity contribution in [2.24, 2.45) is 0 Å². The zero-order chi connectivity index (χ0) is 24.1. The number of aromatic amines is 1. The zero-order valence-corrected chi connectivity index (χ0v) is 19.0. The van der Waals surface area contributed by atoms with Crippen LogP contribution in [0.3, 0.4) is 0 Å². The number of ketones is 1. The largest absolute Gasteiger partial charge is 0.507 e. The van der Waals surface area contributed by atoms with Gasteiger partial charge in [0.2, 0.25) is 0 Å². The summed E-state index contributed by atoms with van der Waals surface area (Å²) < 4.78 is 21.2. The average molecular weight is 461 g/mol. The molecular weight excluding hydrogens is 435 g/mol. The molecule has 0 radical (unpaired) electrons. The third-order valence-electron chi connectivity index (χ3n) is 5.58. The van der Waals surface area contributed by atoms with Gasteiger partial charge in [-0.3, -0.25) is 4.79 Å².